The molecule has 1 fully saturated rings. The number of pyridine rings is 1. The van der Waals surface area contributed by atoms with E-state index in [0.717, 1.165) is 48.2 Å². The molecule has 2 aromatic heterocycles. The number of amides is 2. The zero-order valence-corrected chi connectivity index (χ0v) is 23.9. The van der Waals surface area contributed by atoms with E-state index in [0.29, 0.717) is 30.3 Å². The Bertz CT molecular complexity index is 1510. The van der Waals surface area contributed by atoms with Gasteiger partial charge in [0.25, 0.3) is 5.91 Å². The molecule has 41 heavy (non-hydrogen) atoms. The summed E-state index contributed by atoms with van der Waals surface area (Å²) in [6.45, 7) is 4.51. The summed E-state index contributed by atoms with van der Waals surface area (Å²) in [6.07, 6.45) is 5.76. The molecule has 3 N–H and O–H groups in total. The topological polar surface area (TPSA) is 103 Å². The zero-order valence-electron chi connectivity index (χ0n) is 23.9. The van der Waals surface area contributed by atoms with E-state index in [-0.39, 0.29) is 11.9 Å². The van der Waals surface area contributed by atoms with E-state index in [1.807, 2.05) is 48.5 Å². The molecule has 0 spiro atoms. The van der Waals surface area contributed by atoms with Crippen LogP contribution in [-0.2, 0) is 0 Å². The van der Waals surface area contributed by atoms with Crippen molar-refractivity contribution in [2.24, 2.45) is 0 Å². The number of aliphatic hydroxyl groups is 1. The van der Waals surface area contributed by atoms with Crippen molar-refractivity contribution in [1.29, 1.82) is 0 Å². The van der Waals surface area contributed by atoms with Gasteiger partial charge in [0.1, 0.15) is 5.82 Å². The third-order valence-electron chi connectivity index (χ3n) is 7.85. The Kier molecular flexibility index (Phi) is 8.66. The largest absolute Gasteiger partial charge is 0.393 e. The minimum absolute atomic E-state index is 0.204. The molecule has 4 aromatic rings. The molecule has 5 rings (SSSR count). The summed E-state index contributed by atoms with van der Waals surface area (Å²) in [6, 6.07) is 19.2. The van der Waals surface area contributed by atoms with Crippen LogP contribution in [0.4, 0.5) is 22.0 Å². The maximum atomic E-state index is 13.1. The minimum Gasteiger partial charge on any atom is -0.393 e. The highest BCUT2D eigenvalue weighted by molar-refractivity contribution is 6.04. The number of hydrogen-bond donors (Lipinski definition) is 3. The van der Waals surface area contributed by atoms with Crippen LogP contribution in [0.2, 0.25) is 0 Å². The number of nitrogens with zero attached hydrogens (tertiary/aromatic N) is 4. The van der Waals surface area contributed by atoms with E-state index < -0.39 is 6.10 Å². The van der Waals surface area contributed by atoms with Gasteiger partial charge < -0.3 is 25.5 Å². The van der Waals surface area contributed by atoms with Crippen LogP contribution in [0.25, 0.3) is 10.9 Å². The number of nitrogens with one attached hydrogen (secondary N) is 2. The molecule has 0 saturated carbocycles. The van der Waals surface area contributed by atoms with E-state index in [2.05, 4.69) is 44.6 Å². The fraction of sp³-hybridized carbons (Fsp3) is 0.344. The van der Waals surface area contributed by atoms with Gasteiger partial charge in [-0.25, -0.2) is 9.78 Å². The van der Waals surface area contributed by atoms with Gasteiger partial charge in [0.2, 0.25) is 0 Å². The number of carbonyl (C=O) groups is 2. The number of fused-ring (bicyclic) bond motifs is 1. The van der Waals surface area contributed by atoms with Crippen molar-refractivity contribution < 1.29 is 14.7 Å². The molecule has 2 aromatic carbocycles. The summed E-state index contributed by atoms with van der Waals surface area (Å²) in [7, 11) is 3.76. The molecular weight excluding hydrogens is 516 g/mol. The molecule has 3 heterocycles. The summed E-state index contributed by atoms with van der Waals surface area (Å²) < 4.78 is 1.57. The van der Waals surface area contributed by atoms with Gasteiger partial charge in [-0.1, -0.05) is 12.1 Å². The van der Waals surface area contributed by atoms with Crippen molar-refractivity contribution >= 4 is 40.0 Å². The maximum absolute atomic E-state index is 13.1. The average molecular weight is 555 g/mol. The number of carbonyl (C=O) groups excluding carboxylic acids is 2. The van der Waals surface area contributed by atoms with Crippen LogP contribution < -0.4 is 15.5 Å². The standard InChI is InChI=1S/C32H38N6O3/c1-22(39)11-18-37(27-8-9-29-26(20-27)14-19-38(29)32(41)33-2)28-10-15-34-30(21-28)35-31(40)25-6-4-23(5-7-25)24-12-16-36(3)17-13-24/h4-10,14-15,19-22,24,39H,11-13,16-18H2,1-3H3,(H,33,41)(H,34,35,40)/t22-/m1/s1. The summed E-state index contributed by atoms with van der Waals surface area (Å²) in [4.78, 5) is 34.1. The maximum Gasteiger partial charge on any atom is 0.325 e. The number of hydrogen-bond acceptors (Lipinski definition) is 6. The number of likely N-dealkylation sites (tertiary alicyclic amines) is 1. The first-order valence-corrected chi connectivity index (χ1v) is 14.2. The number of piperidine rings is 1. The molecule has 1 aliphatic heterocycles. The lowest BCUT2D eigenvalue weighted by molar-refractivity contribution is 0.102. The number of aromatic nitrogens is 2. The molecule has 1 atom stereocenters. The molecule has 1 saturated heterocycles. The van der Waals surface area contributed by atoms with E-state index in [1.165, 1.54) is 5.56 Å². The molecule has 9 nitrogen and oxygen atoms in total. The Hall–Kier alpha value is -4.21. The van der Waals surface area contributed by atoms with Gasteiger partial charge in [0.05, 0.1) is 11.6 Å². The van der Waals surface area contributed by atoms with Crippen LogP contribution in [0.5, 0.6) is 0 Å². The summed E-state index contributed by atoms with van der Waals surface area (Å²) in [5.41, 5.74) is 4.41. The second kappa shape index (κ2) is 12.5. The Labute approximate surface area is 240 Å². The molecule has 214 valence electrons. The van der Waals surface area contributed by atoms with Gasteiger partial charge in [-0.15, -0.1) is 0 Å². The van der Waals surface area contributed by atoms with Gasteiger partial charge in [0, 0.05) is 54.4 Å². The van der Waals surface area contributed by atoms with E-state index in [1.54, 1.807) is 30.9 Å². The van der Waals surface area contributed by atoms with Crippen LogP contribution in [0.15, 0.2) is 73.1 Å². The summed E-state index contributed by atoms with van der Waals surface area (Å²) in [5.74, 6) is 0.772. The van der Waals surface area contributed by atoms with Gasteiger partial charge >= 0.3 is 6.03 Å². The van der Waals surface area contributed by atoms with Crippen LogP contribution in [-0.4, -0.2) is 71.3 Å². The number of rotatable bonds is 8. The molecule has 0 unspecified atom stereocenters. The molecule has 9 heteroatoms. The van der Waals surface area contributed by atoms with Crippen molar-refractivity contribution in [2.45, 2.75) is 38.2 Å². The molecular formula is C32H38N6O3. The number of aliphatic hydroxyl groups excluding tert-OH is 1. The highest BCUT2D eigenvalue weighted by Crippen LogP contribution is 2.31. The lowest BCUT2D eigenvalue weighted by Gasteiger charge is -2.29. The van der Waals surface area contributed by atoms with E-state index in [9.17, 15) is 14.7 Å². The summed E-state index contributed by atoms with van der Waals surface area (Å²) >= 11 is 0. The first-order chi connectivity index (χ1) is 19.8. The van der Waals surface area contributed by atoms with Crippen LogP contribution in [0.1, 0.15) is 48.0 Å². The second-order valence-corrected chi connectivity index (χ2v) is 10.8. The Morgan fingerprint density at radius 2 is 1.78 bits per heavy atom. The molecule has 2 amide bonds. The van der Waals surface area contributed by atoms with E-state index >= 15 is 0 Å². The predicted octanol–water partition coefficient (Wildman–Crippen LogP) is 5.19. The van der Waals surface area contributed by atoms with Crippen LogP contribution >= 0.6 is 0 Å². The quantitative estimate of drug-likeness (QED) is 0.277. The molecule has 0 bridgehead atoms. The van der Waals surface area contributed by atoms with Crippen molar-refractivity contribution in [3.63, 3.8) is 0 Å². The van der Waals surface area contributed by atoms with Gasteiger partial charge in [0.15, 0.2) is 0 Å². The zero-order chi connectivity index (χ0) is 28.9. The number of benzene rings is 2. The third kappa shape index (κ3) is 6.58. The lowest BCUT2D eigenvalue weighted by atomic mass is 9.89. The Balaban J connectivity index is 1.35. The van der Waals surface area contributed by atoms with Gasteiger partial charge in [-0.3, -0.25) is 9.36 Å². The number of anilines is 3. The van der Waals surface area contributed by atoms with E-state index in [4.69, 9.17) is 0 Å². The first kappa shape index (κ1) is 28.3. The molecule has 1 aliphatic rings. The normalized spacial score (nSPS) is 15.0. The van der Waals surface area contributed by atoms with Crippen LogP contribution in [0.3, 0.4) is 0 Å². The fourth-order valence-electron chi connectivity index (χ4n) is 5.41. The minimum atomic E-state index is -0.478. The van der Waals surface area contributed by atoms with Crippen molar-refractivity contribution in [2.75, 3.05) is 43.9 Å². The van der Waals surface area contributed by atoms with Crippen molar-refractivity contribution in [3.8, 4) is 0 Å². The van der Waals surface area contributed by atoms with Gasteiger partial charge in [-0.05, 0) is 100 Å². The lowest BCUT2D eigenvalue weighted by Crippen LogP contribution is -2.29. The fourth-order valence-corrected chi connectivity index (χ4v) is 5.41. The van der Waals surface area contributed by atoms with Crippen molar-refractivity contribution in [1.82, 2.24) is 19.8 Å². The third-order valence-corrected chi connectivity index (χ3v) is 7.85. The van der Waals surface area contributed by atoms with Gasteiger partial charge in [-0.2, -0.15) is 0 Å². The first-order valence-electron chi connectivity index (χ1n) is 14.2. The SMILES string of the molecule is CNC(=O)n1ccc2cc(N(CC[C@@H](C)O)c3ccnc(NC(=O)c4ccc(C5CCN(C)CC5)cc4)c3)ccc21. The molecule has 0 radical (unpaired) electrons. The highest BCUT2D eigenvalue weighted by Gasteiger charge is 2.19. The van der Waals surface area contributed by atoms with Crippen molar-refractivity contribution in [3.05, 3.63) is 84.2 Å². The summed E-state index contributed by atoms with van der Waals surface area (Å²) in [5, 5.41) is 16.5. The highest BCUT2D eigenvalue weighted by atomic mass is 16.3. The smallest absolute Gasteiger partial charge is 0.325 e. The Morgan fingerprint density at radius 1 is 1.05 bits per heavy atom. The monoisotopic (exact) mass is 554 g/mol. The van der Waals surface area contributed by atoms with Crippen LogP contribution in [0, 0.1) is 0 Å². The average Bonchev–Trinajstić information content (AvgIpc) is 3.41. The predicted molar refractivity (Wildman–Crippen MR) is 163 cm³/mol. The molecule has 0 aliphatic carbocycles. The Morgan fingerprint density at radius 3 is 2.49 bits per heavy atom. The second-order valence-electron chi connectivity index (χ2n) is 10.8.